The third-order valence-corrected chi connectivity index (χ3v) is 3.12. The standard InChI is InChI=1S/C14H25NO4/c1-5-12-13(18-8-9(2)3)10(4)19-14(16)11(15)6-7-17-12/h10-13H,2,5-8,15H2,1,3-4H3/t10-,11-,12+,13-/m0/s1. The van der Waals surface area contributed by atoms with Crippen LogP contribution in [0, 0.1) is 0 Å². The molecule has 1 fully saturated rings. The van der Waals surface area contributed by atoms with Crippen LogP contribution in [-0.2, 0) is 19.0 Å². The van der Waals surface area contributed by atoms with E-state index in [1.165, 1.54) is 0 Å². The minimum atomic E-state index is -0.625. The molecule has 0 amide bonds. The smallest absolute Gasteiger partial charge is 0.323 e. The van der Waals surface area contributed by atoms with E-state index >= 15 is 0 Å². The molecule has 0 aliphatic carbocycles. The number of cyclic esters (lactones) is 1. The first kappa shape index (κ1) is 16.1. The summed E-state index contributed by atoms with van der Waals surface area (Å²) in [6, 6.07) is -0.625. The van der Waals surface area contributed by atoms with Gasteiger partial charge in [-0.2, -0.15) is 0 Å². The van der Waals surface area contributed by atoms with Gasteiger partial charge in [-0.05, 0) is 26.7 Å². The summed E-state index contributed by atoms with van der Waals surface area (Å²) >= 11 is 0. The zero-order valence-corrected chi connectivity index (χ0v) is 12.1. The number of carbonyl (C=O) groups is 1. The van der Waals surface area contributed by atoms with E-state index in [0.29, 0.717) is 19.6 Å². The van der Waals surface area contributed by atoms with E-state index in [2.05, 4.69) is 6.58 Å². The van der Waals surface area contributed by atoms with Crippen LogP contribution in [0.25, 0.3) is 0 Å². The van der Waals surface area contributed by atoms with Crippen LogP contribution in [0.4, 0.5) is 0 Å². The minimum absolute atomic E-state index is 0.104. The Hall–Kier alpha value is -0.910. The highest BCUT2D eigenvalue weighted by Crippen LogP contribution is 2.18. The summed E-state index contributed by atoms with van der Waals surface area (Å²) in [5.41, 5.74) is 6.65. The van der Waals surface area contributed by atoms with Crippen LogP contribution < -0.4 is 5.73 Å². The Morgan fingerprint density at radius 3 is 2.84 bits per heavy atom. The fraction of sp³-hybridized carbons (Fsp3) is 0.786. The molecule has 1 heterocycles. The van der Waals surface area contributed by atoms with E-state index < -0.39 is 12.0 Å². The van der Waals surface area contributed by atoms with Crippen molar-refractivity contribution >= 4 is 5.97 Å². The van der Waals surface area contributed by atoms with Crippen molar-refractivity contribution in [3.8, 4) is 0 Å². The lowest BCUT2D eigenvalue weighted by Gasteiger charge is -2.30. The molecule has 1 aliphatic rings. The number of nitrogens with two attached hydrogens (primary N) is 1. The van der Waals surface area contributed by atoms with E-state index in [9.17, 15) is 4.79 Å². The monoisotopic (exact) mass is 271 g/mol. The molecule has 0 aromatic rings. The highest BCUT2D eigenvalue weighted by Gasteiger charge is 2.33. The molecule has 4 atom stereocenters. The van der Waals surface area contributed by atoms with Crippen molar-refractivity contribution in [3.05, 3.63) is 12.2 Å². The Kier molecular flexibility index (Phi) is 6.48. The van der Waals surface area contributed by atoms with Gasteiger partial charge in [0.1, 0.15) is 18.2 Å². The summed E-state index contributed by atoms with van der Waals surface area (Å²) in [5.74, 6) is -0.392. The van der Waals surface area contributed by atoms with Gasteiger partial charge < -0.3 is 19.9 Å². The Morgan fingerprint density at radius 1 is 1.58 bits per heavy atom. The molecule has 1 saturated heterocycles. The van der Waals surface area contributed by atoms with Gasteiger partial charge in [-0.1, -0.05) is 19.1 Å². The number of rotatable bonds is 4. The lowest BCUT2D eigenvalue weighted by molar-refractivity contribution is -0.162. The molecule has 1 aliphatic heterocycles. The van der Waals surface area contributed by atoms with Gasteiger partial charge in [0, 0.05) is 6.61 Å². The van der Waals surface area contributed by atoms with E-state index in [1.807, 2.05) is 20.8 Å². The summed E-state index contributed by atoms with van der Waals surface area (Å²) < 4.78 is 16.9. The van der Waals surface area contributed by atoms with Crippen LogP contribution >= 0.6 is 0 Å². The van der Waals surface area contributed by atoms with Gasteiger partial charge in [-0.25, -0.2) is 0 Å². The number of hydrogen-bond donors (Lipinski definition) is 1. The molecule has 0 unspecified atom stereocenters. The Balaban J connectivity index is 2.78. The van der Waals surface area contributed by atoms with Crippen LogP contribution in [0.1, 0.15) is 33.6 Å². The van der Waals surface area contributed by atoms with Gasteiger partial charge in [0.15, 0.2) is 0 Å². The fourth-order valence-electron chi connectivity index (χ4n) is 2.03. The van der Waals surface area contributed by atoms with E-state index in [0.717, 1.165) is 12.0 Å². The van der Waals surface area contributed by atoms with Crippen molar-refractivity contribution in [1.82, 2.24) is 0 Å². The number of hydrogen-bond acceptors (Lipinski definition) is 5. The second-order valence-corrected chi connectivity index (χ2v) is 5.09. The molecule has 110 valence electrons. The molecule has 5 heteroatoms. The predicted molar refractivity (Wildman–Crippen MR) is 72.7 cm³/mol. The summed E-state index contributed by atoms with van der Waals surface area (Å²) in [6.45, 7) is 10.4. The van der Waals surface area contributed by atoms with Crippen molar-refractivity contribution in [2.24, 2.45) is 5.73 Å². The van der Waals surface area contributed by atoms with Crippen LogP contribution in [-0.4, -0.2) is 43.5 Å². The SMILES string of the molecule is C=C(C)CO[C@H]1[C@H](C)OC(=O)[C@@H](N)CCO[C@@H]1CC. The molecular formula is C14H25NO4. The Labute approximate surface area is 115 Å². The predicted octanol–water partition coefficient (Wildman–Crippen LogP) is 1.41. The van der Waals surface area contributed by atoms with Gasteiger partial charge in [0.25, 0.3) is 0 Å². The topological polar surface area (TPSA) is 70.8 Å². The van der Waals surface area contributed by atoms with Crippen molar-refractivity contribution in [2.45, 2.75) is 58.0 Å². The molecule has 1 rings (SSSR count). The van der Waals surface area contributed by atoms with Crippen LogP contribution in [0.3, 0.4) is 0 Å². The van der Waals surface area contributed by atoms with Gasteiger partial charge in [0.05, 0.1) is 12.7 Å². The fourth-order valence-corrected chi connectivity index (χ4v) is 2.03. The maximum atomic E-state index is 11.7. The third kappa shape index (κ3) is 4.93. The van der Waals surface area contributed by atoms with E-state index in [-0.39, 0.29) is 18.3 Å². The molecule has 0 aromatic heterocycles. The number of carbonyl (C=O) groups excluding carboxylic acids is 1. The molecule has 0 radical (unpaired) electrons. The highest BCUT2D eigenvalue weighted by atomic mass is 16.6. The van der Waals surface area contributed by atoms with Crippen LogP contribution in [0.15, 0.2) is 12.2 Å². The molecular weight excluding hydrogens is 246 g/mol. The van der Waals surface area contributed by atoms with Crippen molar-refractivity contribution in [2.75, 3.05) is 13.2 Å². The average molecular weight is 271 g/mol. The summed E-state index contributed by atoms with van der Waals surface area (Å²) in [4.78, 5) is 11.7. The zero-order chi connectivity index (χ0) is 14.4. The van der Waals surface area contributed by atoms with Gasteiger partial charge in [0.2, 0.25) is 0 Å². The molecule has 5 nitrogen and oxygen atoms in total. The van der Waals surface area contributed by atoms with Gasteiger partial charge in [-0.15, -0.1) is 0 Å². The maximum absolute atomic E-state index is 11.7. The minimum Gasteiger partial charge on any atom is -0.459 e. The van der Waals surface area contributed by atoms with E-state index in [1.54, 1.807) is 0 Å². The molecule has 0 bridgehead atoms. The molecule has 0 saturated carbocycles. The molecule has 19 heavy (non-hydrogen) atoms. The lowest BCUT2D eigenvalue weighted by atomic mass is 10.1. The normalized spacial score (nSPS) is 32.9. The lowest BCUT2D eigenvalue weighted by Crippen LogP contribution is -2.42. The Bertz CT molecular complexity index is 319. The largest absolute Gasteiger partial charge is 0.459 e. The average Bonchev–Trinajstić information content (AvgIpc) is 2.39. The number of esters is 1. The first-order valence-corrected chi connectivity index (χ1v) is 6.79. The first-order valence-electron chi connectivity index (χ1n) is 6.79. The molecule has 0 spiro atoms. The first-order chi connectivity index (χ1) is 8.95. The summed E-state index contributed by atoms with van der Waals surface area (Å²) in [7, 11) is 0. The van der Waals surface area contributed by atoms with Crippen molar-refractivity contribution < 1.29 is 19.0 Å². The maximum Gasteiger partial charge on any atom is 0.323 e. The Morgan fingerprint density at radius 2 is 2.26 bits per heavy atom. The van der Waals surface area contributed by atoms with Crippen LogP contribution in [0.5, 0.6) is 0 Å². The molecule has 2 N–H and O–H groups in total. The number of ether oxygens (including phenoxy) is 3. The van der Waals surface area contributed by atoms with Gasteiger partial charge >= 0.3 is 5.97 Å². The summed E-state index contributed by atoms with van der Waals surface area (Å²) in [6.07, 6.45) is 0.470. The second-order valence-electron chi connectivity index (χ2n) is 5.09. The molecule has 0 aromatic carbocycles. The van der Waals surface area contributed by atoms with Crippen LogP contribution in [0.2, 0.25) is 0 Å². The van der Waals surface area contributed by atoms with E-state index in [4.69, 9.17) is 19.9 Å². The summed E-state index contributed by atoms with van der Waals surface area (Å²) in [5, 5.41) is 0. The van der Waals surface area contributed by atoms with Crippen molar-refractivity contribution in [3.63, 3.8) is 0 Å². The van der Waals surface area contributed by atoms with Crippen molar-refractivity contribution in [1.29, 1.82) is 0 Å². The second kappa shape index (κ2) is 7.62. The highest BCUT2D eigenvalue weighted by molar-refractivity contribution is 5.75. The zero-order valence-electron chi connectivity index (χ0n) is 12.1. The quantitative estimate of drug-likeness (QED) is 0.618. The van der Waals surface area contributed by atoms with Gasteiger partial charge in [-0.3, -0.25) is 4.79 Å². The third-order valence-electron chi connectivity index (χ3n) is 3.12.